The number of halogens is 1. The summed E-state index contributed by atoms with van der Waals surface area (Å²) in [5, 5.41) is 22.5. The van der Waals surface area contributed by atoms with Crippen LogP contribution in [0.2, 0.25) is 5.02 Å². The highest BCUT2D eigenvalue weighted by Crippen LogP contribution is 2.41. The molecule has 0 spiro atoms. The Labute approximate surface area is 164 Å². The van der Waals surface area contributed by atoms with Crippen molar-refractivity contribution in [1.82, 2.24) is 30.4 Å². The summed E-state index contributed by atoms with van der Waals surface area (Å²) in [6.45, 7) is 2.02. The van der Waals surface area contributed by atoms with Crippen molar-refractivity contribution in [2.75, 3.05) is 5.32 Å². The van der Waals surface area contributed by atoms with Crippen LogP contribution in [-0.2, 0) is 0 Å². The lowest BCUT2D eigenvalue weighted by molar-refractivity contribution is 0.567. The standard InChI is InChI=1S/C19H14ClN7O/c1-10-2-4-12(5-3-10)17-14-15(11-6-8-13(20)9-7-11)22-23-18(28)16(14)21-19-24-25-26-27(17)19/h2-9,17H,1H3,(H,23,28)(H,21,24,26)/t17-/m0/s1. The van der Waals surface area contributed by atoms with E-state index in [1.165, 1.54) is 0 Å². The Morgan fingerprint density at radius 1 is 1.07 bits per heavy atom. The number of hydrogen-bond donors (Lipinski definition) is 2. The first-order valence-electron chi connectivity index (χ1n) is 8.62. The second kappa shape index (κ2) is 6.28. The van der Waals surface area contributed by atoms with Gasteiger partial charge in [0, 0.05) is 16.1 Å². The average molecular weight is 392 g/mol. The van der Waals surface area contributed by atoms with Gasteiger partial charge in [-0.2, -0.15) is 9.78 Å². The van der Waals surface area contributed by atoms with Gasteiger partial charge in [0.05, 0.1) is 5.69 Å². The molecule has 138 valence electrons. The number of tetrazole rings is 1. The smallest absolute Gasteiger partial charge is 0.288 e. The molecule has 1 aliphatic rings. The van der Waals surface area contributed by atoms with Gasteiger partial charge in [-0.3, -0.25) is 4.79 Å². The Kier molecular flexibility index (Phi) is 3.73. The highest BCUT2D eigenvalue weighted by Gasteiger charge is 2.34. The van der Waals surface area contributed by atoms with Gasteiger partial charge in [-0.05, 0) is 35.0 Å². The van der Waals surface area contributed by atoms with Crippen molar-refractivity contribution in [3.63, 3.8) is 0 Å². The second-order valence-corrected chi connectivity index (χ2v) is 7.02. The van der Waals surface area contributed by atoms with E-state index in [2.05, 4.69) is 31.0 Å². The number of benzene rings is 2. The largest absolute Gasteiger partial charge is 0.318 e. The van der Waals surface area contributed by atoms with Gasteiger partial charge in [0.25, 0.3) is 5.56 Å². The zero-order chi connectivity index (χ0) is 19.3. The molecule has 0 amide bonds. The van der Waals surface area contributed by atoms with Gasteiger partial charge in [-0.1, -0.05) is 58.7 Å². The zero-order valence-corrected chi connectivity index (χ0v) is 15.5. The number of anilines is 2. The van der Waals surface area contributed by atoms with E-state index in [0.29, 0.717) is 27.9 Å². The number of H-pyrrole nitrogens is 1. The molecule has 9 heteroatoms. The van der Waals surface area contributed by atoms with Crippen molar-refractivity contribution in [2.24, 2.45) is 0 Å². The quantitative estimate of drug-likeness (QED) is 0.479. The Morgan fingerprint density at radius 2 is 1.82 bits per heavy atom. The van der Waals surface area contributed by atoms with Crippen LogP contribution in [0.15, 0.2) is 53.3 Å². The van der Waals surface area contributed by atoms with Crippen LogP contribution in [0.25, 0.3) is 11.3 Å². The van der Waals surface area contributed by atoms with Crippen LogP contribution in [0.4, 0.5) is 11.6 Å². The van der Waals surface area contributed by atoms with Crippen LogP contribution in [0.3, 0.4) is 0 Å². The molecule has 0 bridgehead atoms. The summed E-state index contributed by atoms with van der Waals surface area (Å²) >= 11 is 6.04. The van der Waals surface area contributed by atoms with Gasteiger partial charge in [-0.25, -0.2) is 5.10 Å². The molecule has 0 saturated carbocycles. The summed E-state index contributed by atoms with van der Waals surface area (Å²) < 4.78 is 1.66. The molecule has 0 radical (unpaired) electrons. The van der Waals surface area contributed by atoms with E-state index < -0.39 is 6.04 Å². The Bertz CT molecular complexity index is 1230. The van der Waals surface area contributed by atoms with Crippen molar-refractivity contribution < 1.29 is 0 Å². The molecule has 4 aromatic rings. The fourth-order valence-electron chi connectivity index (χ4n) is 3.42. The van der Waals surface area contributed by atoms with Crippen LogP contribution in [0.5, 0.6) is 0 Å². The van der Waals surface area contributed by atoms with Gasteiger partial charge in [0.2, 0.25) is 5.95 Å². The number of nitrogens with one attached hydrogen (secondary N) is 2. The number of aromatic nitrogens is 6. The van der Waals surface area contributed by atoms with E-state index in [-0.39, 0.29) is 5.56 Å². The molecular weight excluding hydrogens is 378 g/mol. The van der Waals surface area contributed by atoms with Crippen LogP contribution in [0, 0.1) is 6.92 Å². The highest BCUT2D eigenvalue weighted by atomic mass is 35.5. The number of fused-ring (bicyclic) bond motifs is 2. The van der Waals surface area contributed by atoms with E-state index in [4.69, 9.17) is 11.6 Å². The molecule has 1 aliphatic heterocycles. The van der Waals surface area contributed by atoms with Crippen molar-refractivity contribution in [2.45, 2.75) is 13.0 Å². The van der Waals surface area contributed by atoms with Crippen LogP contribution in [-0.4, -0.2) is 30.4 Å². The first-order valence-corrected chi connectivity index (χ1v) is 8.99. The third-order valence-electron chi connectivity index (χ3n) is 4.78. The minimum absolute atomic E-state index is 0.334. The lowest BCUT2D eigenvalue weighted by Gasteiger charge is -2.27. The molecule has 0 unspecified atom stereocenters. The molecule has 3 heterocycles. The number of nitrogens with zero attached hydrogens (tertiary/aromatic N) is 5. The third-order valence-corrected chi connectivity index (χ3v) is 5.03. The predicted molar refractivity (Wildman–Crippen MR) is 105 cm³/mol. The molecule has 0 aliphatic carbocycles. The second-order valence-electron chi connectivity index (χ2n) is 6.58. The highest BCUT2D eigenvalue weighted by molar-refractivity contribution is 6.30. The molecule has 28 heavy (non-hydrogen) atoms. The zero-order valence-electron chi connectivity index (χ0n) is 14.7. The SMILES string of the molecule is Cc1ccc([C@H]2c3c(-c4ccc(Cl)cc4)n[nH]c(=O)c3Nc3nnnn32)cc1. The summed E-state index contributed by atoms with van der Waals surface area (Å²) in [4.78, 5) is 12.6. The number of aromatic amines is 1. The molecule has 5 rings (SSSR count). The van der Waals surface area contributed by atoms with E-state index in [1.807, 2.05) is 43.3 Å². The molecule has 2 aromatic heterocycles. The van der Waals surface area contributed by atoms with E-state index in [9.17, 15) is 4.79 Å². The van der Waals surface area contributed by atoms with Crippen LogP contribution in [0.1, 0.15) is 22.7 Å². The van der Waals surface area contributed by atoms with E-state index >= 15 is 0 Å². The van der Waals surface area contributed by atoms with E-state index in [1.54, 1.807) is 16.8 Å². The van der Waals surface area contributed by atoms with Gasteiger partial charge in [-0.15, -0.1) is 0 Å². The van der Waals surface area contributed by atoms with Crippen molar-refractivity contribution >= 4 is 23.2 Å². The molecule has 8 nitrogen and oxygen atoms in total. The number of rotatable bonds is 2. The summed E-state index contributed by atoms with van der Waals surface area (Å²) in [6, 6.07) is 15.0. The normalized spacial score (nSPS) is 14.9. The first-order chi connectivity index (χ1) is 13.6. The average Bonchev–Trinajstić information content (AvgIpc) is 3.17. The molecule has 1 atom stereocenters. The predicted octanol–water partition coefficient (Wildman–Crippen LogP) is 3.08. The lowest BCUT2D eigenvalue weighted by Crippen LogP contribution is -2.29. The topological polar surface area (TPSA) is 101 Å². The van der Waals surface area contributed by atoms with Gasteiger partial charge in [0.15, 0.2) is 0 Å². The number of aryl methyl sites for hydroxylation is 1. The van der Waals surface area contributed by atoms with Crippen LogP contribution < -0.4 is 10.9 Å². The van der Waals surface area contributed by atoms with Crippen LogP contribution >= 0.6 is 11.6 Å². The minimum atomic E-state index is -0.401. The molecule has 0 fully saturated rings. The maximum atomic E-state index is 12.6. The fourth-order valence-corrected chi connectivity index (χ4v) is 3.55. The van der Waals surface area contributed by atoms with Crippen molar-refractivity contribution in [1.29, 1.82) is 0 Å². The summed E-state index contributed by atoms with van der Waals surface area (Å²) in [5.74, 6) is 0.400. The maximum Gasteiger partial charge on any atom is 0.288 e. The third kappa shape index (κ3) is 2.57. The van der Waals surface area contributed by atoms with Crippen molar-refractivity contribution in [3.8, 4) is 11.3 Å². The Morgan fingerprint density at radius 3 is 2.57 bits per heavy atom. The van der Waals surface area contributed by atoms with Gasteiger partial charge < -0.3 is 5.32 Å². The first kappa shape index (κ1) is 16.6. The molecular formula is C19H14ClN7O. The fraction of sp³-hybridized carbons (Fsp3) is 0.105. The minimum Gasteiger partial charge on any atom is -0.318 e. The Hall–Kier alpha value is -3.52. The monoisotopic (exact) mass is 391 g/mol. The van der Waals surface area contributed by atoms with E-state index in [0.717, 1.165) is 16.7 Å². The summed E-state index contributed by atoms with van der Waals surface area (Å²) in [7, 11) is 0. The lowest BCUT2D eigenvalue weighted by atomic mass is 9.92. The molecule has 2 aromatic carbocycles. The maximum absolute atomic E-state index is 12.6. The van der Waals surface area contributed by atoms with Gasteiger partial charge >= 0.3 is 0 Å². The number of hydrogen-bond acceptors (Lipinski definition) is 6. The molecule has 2 N–H and O–H groups in total. The summed E-state index contributed by atoms with van der Waals surface area (Å²) in [5.41, 5.74) is 4.29. The van der Waals surface area contributed by atoms with Gasteiger partial charge in [0.1, 0.15) is 11.7 Å². The molecule has 0 saturated heterocycles. The van der Waals surface area contributed by atoms with Crippen molar-refractivity contribution in [3.05, 3.63) is 80.6 Å². The summed E-state index contributed by atoms with van der Waals surface area (Å²) in [6.07, 6.45) is 0. The Balaban J connectivity index is 1.81.